The molecule has 1 fully saturated rings. The van der Waals surface area contributed by atoms with Gasteiger partial charge >= 0.3 is 0 Å². The molecule has 3 aromatic carbocycles. The fraction of sp³-hybridized carbons (Fsp3) is 0.379. The Hall–Kier alpha value is -2.98. The molecule has 172 valence electrons. The molecule has 0 spiro atoms. The number of likely N-dealkylation sites (tertiary alicyclic amines) is 1. The van der Waals surface area contributed by atoms with Gasteiger partial charge in [0.15, 0.2) is 0 Å². The molecule has 0 unspecified atom stereocenters. The number of piperidine rings is 1. The molecule has 4 heteroatoms. The van der Waals surface area contributed by atoms with Crippen LogP contribution < -0.4 is 4.74 Å². The van der Waals surface area contributed by atoms with Crippen molar-refractivity contribution in [2.45, 2.75) is 43.9 Å². The molecule has 2 atom stereocenters. The first kappa shape index (κ1) is 21.8. The van der Waals surface area contributed by atoms with Crippen LogP contribution in [0.5, 0.6) is 17.2 Å². The molecule has 0 radical (unpaired) electrons. The van der Waals surface area contributed by atoms with E-state index in [1.165, 1.54) is 54.6 Å². The van der Waals surface area contributed by atoms with E-state index in [2.05, 4.69) is 35.2 Å². The van der Waals surface area contributed by atoms with Crippen molar-refractivity contribution in [3.8, 4) is 17.2 Å². The molecule has 0 aromatic heterocycles. The van der Waals surface area contributed by atoms with Gasteiger partial charge in [-0.15, -0.1) is 0 Å². The van der Waals surface area contributed by atoms with Gasteiger partial charge in [-0.3, -0.25) is 4.90 Å². The molecule has 4 nitrogen and oxygen atoms in total. The standard InChI is InChI=1S/C29H33NO3/c31-24-9-4-21(5-10-24)27-14-8-23-20-25(32)11-15-28(23)29(27)22-6-12-26(13-7-22)33-19-18-30-16-2-1-3-17-30/h4-7,9-13,15,20,27,29,31-32H,1-3,8,14,16-19H2/t27-,29+/m1/s1. The second-order valence-corrected chi connectivity index (χ2v) is 9.42. The van der Waals surface area contributed by atoms with Crippen LogP contribution in [0.4, 0.5) is 0 Å². The fourth-order valence-electron chi connectivity index (χ4n) is 5.55. The molecule has 2 N–H and O–H groups in total. The van der Waals surface area contributed by atoms with Gasteiger partial charge < -0.3 is 14.9 Å². The topological polar surface area (TPSA) is 52.9 Å². The normalized spacial score (nSPS) is 20.8. The summed E-state index contributed by atoms with van der Waals surface area (Å²) in [5, 5.41) is 19.8. The highest BCUT2D eigenvalue weighted by Gasteiger charge is 2.32. The highest BCUT2D eigenvalue weighted by Crippen LogP contribution is 2.47. The molecule has 0 bridgehead atoms. The first-order valence-corrected chi connectivity index (χ1v) is 12.2. The monoisotopic (exact) mass is 443 g/mol. The lowest BCUT2D eigenvalue weighted by Gasteiger charge is -2.35. The number of hydrogen-bond acceptors (Lipinski definition) is 4. The largest absolute Gasteiger partial charge is 0.508 e. The Morgan fingerprint density at radius 2 is 1.48 bits per heavy atom. The minimum Gasteiger partial charge on any atom is -0.508 e. The maximum Gasteiger partial charge on any atom is 0.119 e. The second-order valence-electron chi connectivity index (χ2n) is 9.42. The van der Waals surface area contributed by atoms with Gasteiger partial charge in [-0.1, -0.05) is 36.8 Å². The highest BCUT2D eigenvalue weighted by atomic mass is 16.5. The summed E-state index contributed by atoms with van der Waals surface area (Å²) >= 11 is 0. The third kappa shape index (κ3) is 5.01. The molecule has 33 heavy (non-hydrogen) atoms. The van der Waals surface area contributed by atoms with Crippen LogP contribution in [0.15, 0.2) is 66.7 Å². The van der Waals surface area contributed by atoms with Gasteiger partial charge in [-0.2, -0.15) is 0 Å². The number of rotatable bonds is 6. The van der Waals surface area contributed by atoms with Crippen molar-refractivity contribution < 1.29 is 14.9 Å². The minimum absolute atomic E-state index is 0.196. The number of nitrogens with zero attached hydrogens (tertiary/aromatic N) is 1. The lowest BCUT2D eigenvalue weighted by molar-refractivity contribution is 0.183. The van der Waals surface area contributed by atoms with E-state index in [9.17, 15) is 10.2 Å². The Morgan fingerprint density at radius 3 is 2.24 bits per heavy atom. The predicted octanol–water partition coefficient (Wildman–Crippen LogP) is 5.82. The Morgan fingerprint density at radius 1 is 0.788 bits per heavy atom. The van der Waals surface area contributed by atoms with Gasteiger partial charge in [0, 0.05) is 12.5 Å². The molecule has 1 saturated heterocycles. The van der Waals surface area contributed by atoms with Crippen molar-refractivity contribution in [2.24, 2.45) is 0 Å². The molecule has 1 heterocycles. The Labute approximate surface area is 196 Å². The maximum absolute atomic E-state index is 10.0. The molecule has 0 amide bonds. The lowest BCUT2D eigenvalue weighted by atomic mass is 9.69. The number of fused-ring (bicyclic) bond motifs is 1. The first-order chi connectivity index (χ1) is 16.2. The molecule has 0 saturated carbocycles. The first-order valence-electron chi connectivity index (χ1n) is 12.2. The third-order valence-electron chi connectivity index (χ3n) is 7.27. The summed E-state index contributed by atoms with van der Waals surface area (Å²) in [5.74, 6) is 2.05. The van der Waals surface area contributed by atoms with Gasteiger partial charge in [0.1, 0.15) is 23.9 Å². The van der Waals surface area contributed by atoms with E-state index in [0.29, 0.717) is 17.4 Å². The molecule has 1 aliphatic heterocycles. The van der Waals surface area contributed by atoms with Gasteiger partial charge in [-0.05, 0) is 103 Å². The SMILES string of the molecule is Oc1ccc([C@H]2CCc3cc(O)ccc3[C@H]2c2ccc(OCCN3CCCCC3)cc2)cc1. The van der Waals surface area contributed by atoms with E-state index in [4.69, 9.17) is 4.74 Å². The van der Waals surface area contributed by atoms with Crippen LogP contribution >= 0.6 is 0 Å². The zero-order chi connectivity index (χ0) is 22.6. The summed E-state index contributed by atoms with van der Waals surface area (Å²) in [6.45, 7) is 4.10. The van der Waals surface area contributed by atoms with Crippen LogP contribution in [-0.4, -0.2) is 41.4 Å². The van der Waals surface area contributed by atoms with E-state index in [0.717, 1.165) is 31.7 Å². The van der Waals surface area contributed by atoms with Crippen molar-refractivity contribution in [1.29, 1.82) is 0 Å². The van der Waals surface area contributed by atoms with Crippen LogP contribution in [-0.2, 0) is 6.42 Å². The summed E-state index contributed by atoms with van der Waals surface area (Å²) in [6.07, 6.45) is 5.90. The molecular formula is C29H33NO3. The van der Waals surface area contributed by atoms with Crippen molar-refractivity contribution in [2.75, 3.05) is 26.2 Å². The predicted molar refractivity (Wildman–Crippen MR) is 131 cm³/mol. The molecule has 2 aliphatic rings. The van der Waals surface area contributed by atoms with Gasteiger partial charge in [0.05, 0.1) is 0 Å². The third-order valence-corrected chi connectivity index (χ3v) is 7.27. The van der Waals surface area contributed by atoms with Crippen LogP contribution in [0.25, 0.3) is 0 Å². The number of aromatic hydroxyl groups is 2. The van der Waals surface area contributed by atoms with Crippen LogP contribution in [0, 0.1) is 0 Å². The summed E-state index contributed by atoms with van der Waals surface area (Å²) in [5.41, 5.74) is 4.98. The molecule has 1 aliphatic carbocycles. The zero-order valence-corrected chi connectivity index (χ0v) is 19.1. The maximum atomic E-state index is 10.0. The van der Waals surface area contributed by atoms with Gasteiger partial charge in [-0.25, -0.2) is 0 Å². The number of aryl methyl sites for hydroxylation is 1. The van der Waals surface area contributed by atoms with Crippen molar-refractivity contribution in [3.63, 3.8) is 0 Å². The molecule has 3 aromatic rings. The number of phenolic OH excluding ortho intramolecular Hbond substituents is 2. The summed E-state index contributed by atoms with van der Waals surface area (Å²) in [6, 6.07) is 22.0. The molecular weight excluding hydrogens is 410 g/mol. The van der Waals surface area contributed by atoms with Crippen LogP contribution in [0.1, 0.15) is 59.8 Å². The number of hydrogen-bond donors (Lipinski definition) is 2. The summed E-state index contributed by atoms with van der Waals surface area (Å²) in [4.78, 5) is 2.49. The van der Waals surface area contributed by atoms with Crippen molar-refractivity contribution >= 4 is 0 Å². The fourth-order valence-corrected chi connectivity index (χ4v) is 5.55. The average molecular weight is 444 g/mol. The summed E-state index contributed by atoms with van der Waals surface area (Å²) < 4.78 is 6.06. The average Bonchev–Trinajstić information content (AvgIpc) is 2.85. The lowest BCUT2D eigenvalue weighted by Crippen LogP contribution is -2.33. The Kier molecular flexibility index (Phi) is 6.54. The molecule has 5 rings (SSSR count). The number of phenols is 2. The van der Waals surface area contributed by atoms with E-state index < -0.39 is 0 Å². The minimum atomic E-state index is 0.196. The van der Waals surface area contributed by atoms with Gasteiger partial charge in [0.2, 0.25) is 0 Å². The van der Waals surface area contributed by atoms with Crippen molar-refractivity contribution in [3.05, 3.63) is 89.0 Å². The summed E-state index contributed by atoms with van der Waals surface area (Å²) in [7, 11) is 0. The Balaban J connectivity index is 1.36. The quantitative estimate of drug-likeness (QED) is 0.504. The van der Waals surface area contributed by atoms with Gasteiger partial charge in [0.25, 0.3) is 0 Å². The van der Waals surface area contributed by atoms with E-state index in [1.54, 1.807) is 18.2 Å². The van der Waals surface area contributed by atoms with Crippen molar-refractivity contribution in [1.82, 2.24) is 4.90 Å². The van der Waals surface area contributed by atoms with E-state index in [-0.39, 0.29) is 5.92 Å². The zero-order valence-electron chi connectivity index (χ0n) is 19.1. The Bertz CT molecular complexity index is 1060. The van der Waals surface area contributed by atoms with E-state index >= 15 is 0 Å². The number of benzene rings is 3. The van der Waals surface area contributed by atoms with E-state index in [1.807, 2.05) is 18.2 Å². The van der Waals surface area contributed by atoms with Crippen LogP contribution in [0.3, 0.4) is 0 Å². The highest BCUT2D eigenvalue weighted by molar-refractivity contribution is 5.48. The smallest absolute Gasteiger partial charge is 0.119 e. The van der Waals surface area contributed by atoms with Crippen LogP contribution in [0.2, 0.25) is 0 Å². The second kappa shape index (κ2) is 9.88. The number of ether oxygens (including phenoxy) is 1.